The molecule has 2 aromatic heterocycles. The summed E-state index contributed by atoms with van der Waals surface area (Å²) in [5.41, 5.74) is 1.23. The number of carbonyl (C=O) groups excluding carboxylic acids is 1. The fourth-order valence-electron chi connectivity index (χ4n) is 1.84. The van der Waals surface area contributed by atoms with Crippen LogP contribution in [0.4, 0.5) is 4.39 Å². The molecule has 3 aromatic rings. The zero-order chi connectivity index (χ0) is 14.1. The van der Waals surface area contributed by atoms with Gasteiger partial charge >= 0.3 is 0 Å². The predicted molar refractivity (Wildman–Crippen MR) is 71.6 cm³/mol. The number of furan rings is 1. The van der Waals surface area contributed by atoms with Crippen molar-refractivity contribution in [3.05, 3.63) is 59.2 Å². The van der Waals surface area contributed by atoms with Crippen LogP contribution in [0.25, 0.3) is 17.1 Å². The molecule has 0 atom stereocenters. The minimum absolute atomic E-state index is 0.0303. The molecular weight excluding hydrogens is 283 g/mol. The van der Waals surface area contributed by atoms with Crippen molar-refractivity contribution in [3.8, 4) is 17.1 Å². The van der Waals surface area contributed by atoms with Crippen LogP contribution in [-0.4, -0.2) is 16.1 Å². The van der Waals surface area contributed by atoms with E-state index in [-0.39, 0.29) is 5.02 Å². The standard InChI is InChI=1S/C14H8ClFN2O2/c15-11-4-3-10(6-12(11)16)18-7-9(8-19)14(17-18)13-2-1-5-20-13/h1-8H. The van der Waals surface area contributed by atoms with Gasteiger partial charge in [-0.05, 0) is 24.3 Å². The summed E-state index contributed by atoms with van der Waals surface area (Å²) >= 11 is 5.64. The molecule has 0 unspecified atom stereocenters. The predicted octanol–water partition coefficient (Wildman–Crippen LogP) is 3.74. The Hall–Kier alpha value is -2.40. The van der Waals surface area contributed by atoms with Crippen LogP contribution in [0.1, 0.15) is 10.4 Å². The van der Waals surface area contributed by atoms with Gasteiger partial charge in [-0.25, -0.2) is 9.07 Å². The minimum atomic E-state index is -0.549. The molecule has 6 heteroatoms. The van der Waals surface area contributed by atoms with Crippen LogP contribution in [0.15, 0.2) is 47.2 Å². The Morgan fingerprint density at radius 1 is 1.35 bits per heavy atom. The van der Waals surface area contributed by atoms with E-state index in [4.69, 9.17) is 16.0 Å². The lowest BCUT2D eigenvalue weighted by molar-refractivity contribution is 0.112. The maximum atomic E-state index is 13.5. The van der Waals surface area contributed by atoms with Crippen molar-refractivity contribution in [2.24, 2.45) is 0 Å². The molecule has 1 aromatic carbocycles. The van der Waals surface area contributed by atoms with E-state index in [9.17, 15) is 9.18 Å². The molecule has 0 fully saturated rings. The molecule has 0 aliphatic rings. The zero-order valence-corrected chi connectivity index (χ0v) is 10.8. The Morgan fingerprint density at radius 3 is 2.85 bits per heavy atom. The molecule has 0 N–H and O–H groups in total. The highest BCUT2D eigenvalue weighted by Gasteiger charge is 2.14. The monoisotopic (exact) mass is 290 g/mol. The summed E-state index contributed by atoms with van der Waals surface area (Å²) in [6, 6.07) is 7.68. The number of benzene rings is 1. The van der Waals surface area contributed by atoms with Gasteiger partial charge in [0, 0.05) is 12.3 Å². The number of hydrogen-bond acceptors (Lipinski definition) is 3. The lowest BCUT2D eigenvalue weighted by Gasteiger charge is -2.01. The summed E-state index contributed by atoms with van der Waals surface area (Å²) in [5.74, 6) is -0.0767. The highest BCUT2D eigenvalue weighted by molar-refractivity contribution is 6.30. The van der Waals surface area contributed by atoms with E-state index >= 15 is 0 Å². The van der Waals surface area contributed by atoms with Gasteiger partial charge in [0.1, 0.15) is 11.5 Å². The highest BCUT2D eigenvalue weighted by atomic mass is 35.5. The van der Waals surface area contributed by atoms with E-state index in [1.807, 2.05) is 0 Å². The maximum absolute atomic E-state index is 13.5. The lowest BCUT2D eigenvalue weighted by atomic mass is 10.2. The molecule has 20 heavy (non-hydrogen) atoms. The van der Waals surface area contributed by atoms with Crippen molar-refractivity contribution in [1.29, 1.82) is 0 Å². The van der Waals surface area contributed by atoms with Gasteiger partial charge in [-0.15, -0.1) is 0 Å². The average molecular weight is 291 g/mol. The molecule has 100 valence electrons. The lowest BCUT2D eigenvalue weighted by Crippen LogP contribution is -1.95. The average Bonchev–Trinajstić information content (AvgIpc) is 3.09. The van der Waals surface area contributed by atoms with E-state index in [0.717, 1.165) is 0 Å². The van der Waals surface area contributed by atoms with Crippen molar-refractivity contribution in [3.63, 3.8) is 0 Å². The van der Waals surface area contributed by atoms with Gasteiger partial charge in [0.05, 0.1) is 22.5 Å². The number of carbonyl (C=O) groups is 1. The van der Waals surface area contributed by atoms with Crippen molar-refractivity contribution in [2.75, 3.05) is 0 Å². The van der Waals surface area contributed by atoms with Gasteiger partial charge in [-0.2, -0.15) is 5.10 Å². The molecule has 0 amide bonds. The van der Waals surface area contributed by atoms with Gasteiger partial charge < -0.3 is 4.42 Å². The summed E-state index contributed by atoms with van der Waals surface area (Å²) in [6.07, 6.45) is 3.67. The topological polar surface area (TPSA) is 48.0 Å². The Morgan fingerprint density at radius 2 is 2.20 bits per heavy atom. The van der Waals surface area contributed by atoms with Crippen molar-refractivity contribution in [2.45, 2.75) is 0 Å². The first kappa shape index (κ1) is 12.6. The molecule has 4 nitrogen and oxygen atoms in total. The van der Waals surface area contributed by atoms with Crippen molar-refractivity contribution < 1.29 is 13.6 Å². The van der Waals surface area contributed by atoms with Crippen LogP contribution in [0.3, 0.4) is 0 Å². The molecule has 0 aliphatic heterocycles. The van der Waals surface area contributed by atoms with Crippen molar-refractivity contribution in [1.82, 2.24) is 9.78 Å². The van der Waals surface area contributed by atoms with E-state index in [1.54, 1.807) is 18.2 Å². The van der Waals surface area contributed by atoms with Crippen molar-refractivity contribution >= 4 is 17.9 Å². The number of nitrogens with zero attached hydrogens (tertiary/aromatic N) is 2. The van der Waals surface area contributed by atoms with Gasteiger partial charge in [-0.1, -0.05) is 11.6 Å². The zero-order valence-electron chi connectivity index (χ0n) is 10.1. The summed E-state index contributed by atoms with van der Waals surface area (Å²) < 4.78 is 20.1. The number of hydrogen-bond donors (Lipinski definition) is 0. The van der Waals surface area contributed by atoms with E-state index in [1.165, 1.54) is 29.3 Å². The third kappa shape index (κ3) is 2.12. The van der Waals surface area contributed by atoms with Gasteiger partial charge in [0.2, 0.25) is 0 Å². The third-order valence-corrected chi connectivity index (χ3v) is 3.10. The normalized spacial score (nSPS) is 10.7. The van der Waals surface area contributed by atoms with Crippen LogP contribution in [0, 0.1) is 5.82 Å². The molecule has 0 spiro atoms. The van der Waals surface area contributed by atoms with Crippen LogP contribution in [0.5, 0.6) is 0 Å². The molecule has 0 radical (unpaired) electrons. The third-order valence-electron chi connectivity index (χ3n) is 2.79. The molecule has 3 rings (SSSR count). The molecule has 0 saturated carbocycles. The second kappa shape index (κ2) is 4.94. The van der Waals surface area contributed by atoms with Gasteiger partial charge in [0.25, 0.3) is 0 Å². The second-order valence-corrected chi connectivity index (χ2v) is 4.48. The molecular formula is C14H8ClFN2O2. The number of halogens is 2. The highest BCUT2D eigenvalue weighted by Crippen LogP contribution is 2.24. The summed E-state index contributed by atoms with van der Waals surface area (Å²) in [7, 11) is 0. The largest absolute Gasteiger partial charge is 0.463 e. The number of rotatable bonds is 3. The van der Waals surface area contributed by atoms with E-state index in [0.29, 0.717) is 29.0 Å². The van der Waals surface area contributed by atoms with Crippen LogP contribution < -0.4 is 0 Å². The minimum Gasteiger partial charge on any atom is -0.463 e. The first-order chi connectivity index (χ1) is 9.69. The van der Waals surface area contributed by atoms with E-state index < -0.39 is 5.82 Å². The van der Waals surface area contributed by atoms with Crippen LogP contribution in [0.2, 0.25) is 5.02 Å². The summed E-state index contributed by atoms with van der Waals surface area (Å²) in [5, 5.41) is 4.28. The van der Waals surface area contributed by atoms with Gasteiger partial charge in [0.15, 0.2) is 12.0 Å². The number of aromatic nitrogens is 2. The molecule has 2 heterocycles. The molecule has 0 bridgehead atoms. The maximum Gasteiger partial charge on any atom is 0.154 e. The first-order valence-electron chi connectivity index (χ1n) is 5.73. The second-order valence-electron chi connectivity index (χ2n) is 4.07. The van der Waals surface area contributed by atoms with E-state index in [2.05, 4.69) is 5.10 Å². The molecule has 0 saturated heterocycles. The van der Waals surface area contributed by atoms with Crippen LogP contribution in [-0.2, 0) is 0 Å². The Labute approximate surface area is 118 Å². The Balaban J connectivity index is 2.11. The first-order valence-corrected chi connectivity index (χ1v) is 6.11. The Kier molecular flexibility index (Phi) is 3.12. The summed E-state index contributed by atoms with van der Waals surface area (Å²) in [6.45, 7) is 0. The van der Waals surface area contributed by atoms with Gasteiger partial charge in [-0.3, -0.25) is 4.79 Å². The summed E-state index contributed by atoms with van der Waals surface area (Å²) in [4.78, 5) is 11.1. The van der Waals surface area contributed by atoms with Crippen LogP contribution >= 0.6 is 11.6 Å². The quantitative estimate of drug-likeness (QED) is 0.690. The fraction of sp³-hybridized carbons (Fsp3) is 0. The SMILES string of the molecule is O=Cc1cn(-c2ccc(Cl)c(F)c2)nc1-c1ccco1. The molecule has 0 aliphatic carbocycles. The number of aldehydes is 1. The Bertz CT molecular complexity index is 766. The fourth-order valence-corrected chi connectivity index (χ4v) is 1.96. The smallest absolute Gasteiger partial charge is 0.154 e.